The summed E-state index contributed by atoms with van der Waals surface area (Å²) in [6, 6.07) is 4.57. The van der Waals surface area contributed by atoms with Crippen LogP contribution in [0.25, 0.3) is 0 Å². The molecule has 3 heteroatoms. The van der Waals surface area contributed by atoms with E-state index < -0.39 is 0 Å². The molecule has 0 aromatic carbocycles. The van der Waals surface area contributed by atoms with Crippen molar-refractivity contribution < 1.29 is 0 Å². The van der Waals surface area contributed by atoms with E-state index in [1.54, 1.807) is 0 Å². The van der Waals surface area contributed by atoms with Gasteiger partial charge >= 0.3 is 0 Å². The summed E-state index contributed by atoms with van der Waals surface area (Å²) < 4.78 is 1.20. The molecule has 16 heavy (non-hydrogen) atoms. The van der Waals surface area contributed by atoms with Gasteiger partial charge in [0.1, 0.15) is 0 Å². The second-order valence-corrected chi connectivity index (χ2v) is 5.08. The first-order valence-corrected chi connectivity index (χ1v) is 6.58. The van der Waals surface area contributed by atoms with Gasteiger partial charge in [0.05, 0.1) is 18.1 Å². The molecule has 0 radical (unpaired) electrons. The van der Waals surface area contributed by atoms with E-state index in [4.69, 9.17) is 10.5 Å². The van der Waals surface area contributed by atoms with Gasteiger partial charge in [0.2, 0.25) is 0 Å². The fourth-order valence-electron chi connectivity index (χ4n) is 2.10. The number of halogens is 1. The Morgan fingerprint density at radius 2 is 2.12 bits per heavy atom. The highest BCUT2D eigenvalue weighted by atomic mass is 127. The van der Waals surface area contributed by atoms with E-state index in [0.29, 0.717) is 6.42 Å². The molecular weight excluding hydrogens is 311 g/mol. The van der Waals surface area contributed by atoms with Gasteiger partial charge in [0.25, 0.3) is 0 Å². The van der Waals surface area contributed by atoms with Gasteiger partial charge in [-0.3, -0.25) is 0 Å². The number of hydrogen-bond acceptors (Lipinski definition) is 2. The van der Waals surface area contributed by atoms with Crippen LogP contribution < -0.4 is 0 Å². The summed E-state index contributed by atoms with van der Waals surface area (Å²) in [6.07, 6.45) is 6.32. The molecule has 0 bridgehead atoms. The highest BCUT2D eigenvalue weighted by Crippen LogP contribution is 2.47. The molecule has 0 fully saturated rings. The van der Waals surface area contributed by atoms with Gasteiger partial charge in [-0.15, -0.1) is 0 Å². The highest BCUT2D eigenvalue weighted by molar-refractivity contribution is 14.1. The Kier molecular flexibility index (Phi) is 4.56. The van der Waals surface area contributed by atoms with Crippen molar-refractivity contribution in [3.05, 3.63) is 21.3 Å². The van der Waals surface area contributed by atoms with E-state index in [0.717, 1.165) is 12.8 Å². The van der Waals surface area contributed by atoms with Crippen molar-refractivity contribution in [2.45, 2.75) is 33.1 Å². The Morgan fingerprint density at radius 3 is 2.56 bits per heavy atom. The van der Waals surface area contributed by atoms with Crippen LogP contribution >= 0.6 is 22.6 Å². The smallest absolute Gasteiger partial charge is 0.0864 e. The predicted octanol–water partition coefficient (Wildman–Crippen LogP) is 4.11. The zero-order valence-electron chi connectivity index (χ0n) is 9.63. The normalized spacial score (nSPS) is 28.7. The Morgan fingerprint density at radius 1 is 1.44 bits per heavy atom. The van der Waals surface area contributed by atoms with Crippen LogP contribution in [0.2, 0.25) is 0 Å². The Hall–Kier alpha value is -0.810. The van der Waals surface area contributed by atoms with E-state index in [2.05, 4.69) is 54.7 Å². The van der Waals surface area contributed by atoms with Crippen molar-refractivity contribution in [2.75, 3.05) is 0 Å². The van der Waals surface area contributed by atoms with Gasteiger partial charge in [-0.2, -0.15) is 10.5 Å². The summed E-state index contributed by atoms with van der Waals surface area (Å²) in [5, 5.41) is 18.0. The maximum Gasteiger partial charge on any atom is 0.0864 e. The third-order valence-corrected chi connectivity index (χ3v) is 5.01. The molecule has 0 N–H and O–H groups in total. The lowest BCUT2D eigenvalue weighted by Gasteiger charge is -2.33. The molecule has 0 saturated heterocycles. The van der Waals surface area contributed by atoms with Crippen molar-refractivity contribution >= 4 is 22.6 Å². The predicted molar refractivity (Wildman–Crippen MR) is 72.5 cm³/mol. The Labute approximate surface area is 111 Å². The zero-order valence-corrected chi connectivity index (χ0v) is 11.8. The Balaban J connectivity index is 3.23. The molecular formula is C13H15IN2. The summed E-state index contributed by atoms with van der Waals surface area (Å²) in [4.78, 5) is 0. The molecule has 0 aliphatic heterocycles. The van der Waals surface area contributed by atoms with Crippen LogP contribution in [-0.2, 0) is 0 Å². The summed E-state index contributed by atoms with van der Waals surface area (Å²) in [7, 11) is 0. The molecule has 0 saturated carbocycles. The fourth-order valence-corrected chi connectivity index (χ4v) is 3.57. The van der Waals surface area contributed by atoms with Crippen molar-refractivity contribution in [1.29, 1.82) is 10.5 Å². The van der Waals surface area contributed by atoms with Crippen molar-refractivity contribution in [3.8, 4) is 12.1 Å². The summed E-state index contributed by atoms with van der Waals surface area (Å²) >= 11 is 2.32. The first-order valence-electron chi connectivity index (χ1n) is 5.50. The number of rotatable bonds is 3. The first kappa shape index (κ1) is 13.3. The molecule has 0 aromatic rings. The van der Waals surface area contributed by atoms with E-state index >= 15 is 0 Å². The number of nitriles is 2. The van der Waals surface area contributed by atoms with Crippen LogP contribution in [0.1, 0.15) is 33.1 Å². The topological polar surface area (TPSA) is 47.6 Å². The van der Waals surface area contributed by atoms with Crippen LogP contribution in [0.3, 0.4) is 0 Å². The molecule has 2 nitrogen and oxygen atoms in total. The molecule has 1 aliphatic carbocycles. The third-order valence-electron chi connectivity index (χ3n) is 3.25. The minimum absolute atomic E-state index is 0.102. The van der Waals surface area contributed by atoms with E-state index in [1.807, 2.05) is 6.08 Å². The lowest BCUT2D eigenvalue weighted by atomic mass is 9.74. The van der Waals surface area contributed by atoms with Crippen LogP contribution in [0, 0.1) is 34.0 Å². The third kappa shape index (κ3) is 2.15. The molecule has 2 atom stereocenters. The van der Waals surface area contributed by atoms with Crippen LogP contribution in [0.15, 0.2) is 21.3 Å². The summed E-state index contributed by atoms with van der Waals surface area (Å²) in [6.45, 7) is 4.17. The van der Waals surface area contributed by atoms with Crippen molar-refractivity contribution in [2.24, 2.45) is 11.3 Å². The monoisotopic (exact) mass is 326 g/mol. The first-order chi connectivity index (χ1) is 7.65. The van der Waals surface area contributed by atoms with Crippen LogP contribution in [0.5, 0.6) is 0 Å². The molecule has 84 valence electrons. The fraction of sp³-hybridized carbons (Fsp3) is 0.538. The summed E-state index contributed by atoms with van der Waals surface area (Å²) in [5.41, 5.74) is 1.04. The largest absolute Gasteiger partial charge is 0.198 e. The number of hydrogen-bond donors (Lipinski definition) is 0. The highest BCUT2D eigenvalue weighted by Gasteiger charge is 2.35. The second kappa shape index (κ2) is 5.50. The van der Waals surface area contributed by atoms with Gasteiger partial charge in [-0.25, -0.2) is 0 Å². The zero-order chi connectivity index (χ0) is 12.2. The minimum Gasteiger partial charge on any atom is -0.198 e. The molecule has 0 spiro atoms. The lowest BCUT2D eigenvalue weighted by molar-refractivity contribution is 0.463. The maximum absolute atomic E-state index is 9.08. The average molecular weight is 326 g/mol. The molecule has 0 aromatic heterocycles. The molecule has 0 amide bonds. The van der Waals surface area contributed by atoms with Crippen molar-refractivity contribution in [3.63, 3.8) is 0 Å². The van der Waals surface area contributed by atoms with Crippen LogP contribution in [0.4, 0.5) is 0 Å². The molecule has 1 rings (SSSR count). The standard InChI is InChI=1S/C13H15IN2/c1-3-11-10(9-16)5-6-13(4-2,7-8-15)12(11)14/h5-6,10H,3-4,7H2,1-2H3/t10-,13+/m0/s1. The quantitative estimate of drug-likeness (QED) is 0.579. The summed E-state index contributed by atoms with van der Waals surface area (Å²) in [5.74, 6) is -0.102. The number of allylic oxidation sites excluding steroid dienone is 4. The molecule has 0 heterocycles. The van der Waals surface area contributed by atoms with E-state index in [-0.39, 0.29) is 11.3 Å². The molecule has 0 unspecified atom stereocenters. The molecule has 1 aliphatic rings. The van der Waals surface area contributed by atoms with E-state index in [1.165, 1.54) is 9.15 Å². The van der Waals surface area contributed by atoms with Gasteiger partial charge in [-0.1, -0.05) is 26.0 Å². The average Bonchev–Trinajstić information content (AvgIpc) is 2.31. The SMILES string of the molecule is CCC1=C(I)[C@@](CC)(CC#N)C=C[C@H]1C#N. The van der Waals surface area contributed by atoms with Crippen molar-refractivity contribution in [1.82, 2.24) is 0 Å². The lowest BCUT2D eigenvalue weighted by Crippen LogP contribution is -2.23. The van der Waals surface area contributed by atoms with Gasteiger partial charge in [0.15, 0.2) is 0 Å². The maximum atomic E-state index is 9.08. The van der Waals surface area contributed by atoms with Gasteiger partial charge in [-0.05, 0) is 41.0 Å². The second-order valence-electron chi connectivity index (χ2n) is 4.00. The van der Waals surface area contributed by atoms with Crippen LogP contribution in [-0.4, -0.2) is 0 Å². The van der Waals surface area contributed by atoms with E-state index in [9.17, 15) is 0 Å². The number of nitrogens with zero attached hydrogens (tertiary/aromatic N) is 2. The van der Waals surface area contributed by atoms with Gasteiger partial charge < -0.3 is 0 Å². The van der Waals surface area contributed by atoms with Gasteiger partial charge in [0, 0.05) is 15.4 Å². The Bertz CT molecular complexity index is 409. The minimum atomic E-state index is -0.145.